The molecule has 0 amide bonds. The second-order valence-corrected chi connectivity index (χ2v) is 6.09. The van der Waals surface area contributed by atoms with Gasteiger partial charge in [0.15, 0.2) is 0 Å². The third-order valence-electron chi connectivity index (χ3n) is 3.90. The maximum atomic E-state index is 12.3. The number of ether oxygens (including phenoxy) is 1. The van der Waals surface area contributed by atoms with Gasteiger partial charge in [-0.2, -0.15) is 0 Å². The SMILES string of the molecule is COc1cc(/C=C(\Cl)c2cc(=O)n3cccc(C)c3n2)cc([N+](=O)[O-])c1[O-]. The summed E-state index contributed by atoms with van der Waals surface area (Å²) in [6, 6.07) is 7.23. The van der Waals surface area contributed by atoms with Crippen LogP contribution in [0.1, 0.15) is 16.8 Å². The molecule has 0 aliphatic heterocycles. The van der Waals surface area contributed by atoms with Crippen molar-refractivity contribution in [2.24, 2.45) is 0 Å². The maximum absolute atomic E-state index is 12.3. The van der Waals surface area contributed by atoms with Crippen molar-refractivity contribution in [1.29, 1.82) is 0 Å². The lowest BCUT2D eigenvalue weighted by molar-refractivity contribution is -0.398. The molecule has 8 nitrogen and oxygen atoms in total. The Morgan fingerprint density at radius 2 is 2.11 bits per heavy atom. The van der Waals surface area contributed by atoms with Crippen molar-refractivity contribution in [3.8, 4) is 11.5 Å². The summed E-state index contributed by atoms with van der Waals surface area (Å²) in [5, 5.41) is 23.1. The van der Waals surface area contributed by atoms with Gasteiger partial charge < -0.3 is 9.84 Å². The minimum atomic E-state index is -0.825. The highest BCUT2D eigenvalue weighted by Crippen LogP contribution is 2.36. The van der Waals surface area contributed by atoms with Crippen LogP contribution < -0.4 is 15.4 Å². The molecule has 0 fully saturated rings. The first kappa shape index (κ1) is 18.4. The van der Waals surface area contributed by atoms with Crippen molar-refractivity contribution >= 4 is 34.0 Å². The van der Waals surface area contributed by atoms with Crippen LogP contribution in [0.4, 0.5) is 5.69 Å². The number of halogens is 1. The van der Waals surface area contributed by atoms with E-state index in [1.807, 2.05) is 13.0 Å². The van der Waals surface area contributed by atoms with E-state index >= 15 is 0 Å². The van der Waals surface area contributed by atoms with Crippen LogP contribution in [0.25, 0.3) is 16.8 Å². The number of nitrogens with zero attached hydrogens (tertiary/aromatic N) is 3. The Kier molecular flexibility index (Phi) is 4.83. The highest BCUT2D eigenvalue weighted by molar-refractivity contribution is 6.51. The minimum Gasteiger partial charge on any atom is -0.865 e. The third kappa shape index (κ3) is 3.47. The standard InChI is InChI=1S/C18H14ClN3O5/c1-10-4-3-5-21-16(23)9-13(20-18(10)21)12(19)6-11-7-14(22(25)26)17(24)15(8-11)27-2/h3-9,24H,1-2H3/p-1/b12-6-. The summed E-state index contributed by atoms with van der Waals surface area (Å²) in [4.78, 5) is 26.9. The fourth-order valence-electron chi connectivity index (χ4n) is 2.58. The molecule has 1 aromatic carbocycles. The molecule has 0 bridgehead atoms. The summed E-state index contributed by atoms with van der Waals surface area (Å²) in [5.74, 6) is -1.00. The number of hydrogen-bond acceptors (Lipinski definition) is 6. The molecule has 0 aliphatic carbocycles. The zero-order valence-electron chi connectivity index (χ0n) is 14.3. The predicted molar refractivity (Wildman–Crippen MR) is 99.0 cm³/mol. The van der Waals surface area contributed by atoms with Crippen LogP contribution in [0.3, 0.4) is 0 Å². The van der Waals surface area contributed by atoms with E-state index in [0.29, 0.717) is 5.65 Å². The first-order valence-electron chi connectivity index (χ1n) is 7.72. The molecular weight excluding hydrogens is 374 g/mol. The number of benzene rings is 1. The zero-order chi connectivity index (χ0) is 19.7. The lowest BCUT2D eigenvalue weighted by Crippen LogP contribution is -2.15. The molecule has 3 rings (SSSR count). The van der Waals surface area contributed by atoms with Gasteiger partial charge in [-0.3, -0.25) is 19.3 Å². The number of nitro benzene ring substituents is 1. The van der Waals surface area contributed by atoms with E-state index in [2.05, 4.69) is 4.98 Å². The number of pyridine rings is 1. The monoisotopic (exact) mass is 386 g/mol. The average molecular weight is 387 g/mol. The van der Waals surface area contributed by atoms with Gasteiger partial charge in [-0.25, -0.2) is 4.98 Å². The molecule has 2 heterocycles. The normalized spacial score (nSPS) is 11.6. The molecule has 138 valence electrons. The molecule has 3 aromatic rings. The molecule has 0 saturated carbocycles. The van der Waals surface area contributed by atoms with E-state index in [1.165, 1.54) is 29.7 Å². The predicted octanol–water partition coefficient (Wildman–Crippen LogP) is 2.73. The number of methoxy groups -OCH3 is 1. The molecule has 0 unspecified atom stereocenters. The van der Waals surface area contributed by atoms with Crippen molar-refractivity contribution in [1.82, 2.24) is 9.38 Å². The number of rotatable bonds is 4. The highest BCUT2D eigenvalue weighted by atomic mass is 35.5. The van der Waals surface area contributed by atoms with Crippen LogP contribution in [-0.4, -0.2) is 21.4 Å². The first-order chi connectivity index (χ1) is 12.8. The van der Waals surface area contributed by atoms with E-state index in [1.54, 1.807) is 12.3 Å². The highest BCUT2D eigenvalue weighted by Gasteiger charge is 2.14. The van der Waals surface area contributed by atoms with Crippen LogP contribution >= 0.6 is 11.6 Å². The van der Waals surface area contributed by atoms with Gasteiger partial charge in [0.1, 0.15) is 11.4 Å². The summed E-state index contributed by atoms with van der Waals surface area (Å²) in [6.07, 6.45) is 2.98. The quantitative estimate of drug-likeness (QED) is 0.503. The Morgan fingerprint density at radius 1 is 1.37 bits per heavy atom. The number of hydrogen-bond donors (Lipinski definition) is 0. The summed E-state index contributed by atoms with van der Waals surface area (Å²) in [7, 11) is 1.24. The van der Waals surface area contributed by atoms with E-state index in [0.717, 1.165) is 11.6 Å². The zero-order valence-corrected chi connectivity index (χ0v) is 15.1. The molecular formula is C18H13ClN3O5-. The lowest BCUT2D eigenvalue weighted by Gasteiger charge is -2.13. The summed E-state index contributed by atoms with van der Waals surface area (Å²) in [6.45, 7) is 1.81. The fraction of sp³-hybridized carbons (Fsp3) is 0.111. The van der Waals surface area contributed by atoms with Crippen LogP contribution in [0.15, 0.2) is 41.3 Å². The Morgan fingerprint density at radius 3 is 2.78 bits per heavy atom. The summed E-state index contributed by atoms with van der Waals surface area (Å²) < 4.78 is 6.29. The molecule has 0 saturated heterocycles. The fourth-order valence-corrected chi connectivity index (χ4v) is 2.81. The van der Waals surface area contributed by atoms with Crippen molar-refractivity contribution in [3.05, 3.63) is 73.8 Å². The average Bonchev–Trinajstić information content (AvgIpc) is 2.63. The molecule has 0 aliphatic rings. The van der Waals surface area contributed by atoms with Gasteiger partial charge in [0, 0.05) is 24.1 Å². The Hall–Kier alpha value is -3.39. The van der Waals surface area contributed by atoms with Gasteiger partial charge in [0.25, 0.3) is 11.2 Å². The second kappa shape index (κ2) is 7.08. The Balaban J connectivity index is 2.15. The van der Waals surface area contributed by atoms with E-state index < -0.39 is 16.4 Å². The largest absolute Gasteiger partial charge is 0.865 e. The molecule has 0 radical (unpaired) electrons. The summed E-state index contributed by atoms with van der Waals surface area (Å²) in [5.41, 5.74) is 0.772. The molecule has 0 spiro atoms. The number of fused-ring (bicyclic) bond motifs is 1. The first-order valence-corrected chi connectivity index (χ1v) is 8.09. The summed E-state index contributed by atoms with van der Waals surface area (Å²) >= 11 is 6.29. The molecule has 0 atom stereocenters. The minimum absolute atomic E-state index is 0.0906. The second-order valence-electron chi connectivity index (χ2n) is 5.69. The van der Waals surface area contributed by atoms with E-state index in [-0.39, 0.29) is 27.6 Å². The number of aromatic nitrogens is 2. The van der Waals surface area contributed by atoms with E-state index in [9.17, 15) is 20.0 Å². The molecule has 0 N–H and O–H groups in total. The third-order valence-corrected chi connectivity index (χ3v) is 4.20. The van der Waals surface area contributed by atoms with Crippen LogP contribution in [0.2, 0.25) is 0 Å². The topological polar surface area (TPSA) is 110 Å². The van der Waals surface area contributed by atoms with Crippen molar-refractivity contribution in [2.45, 2.75) is 6.92 Å². The molecule has 27 heavy (non-hydrogen) atoms. The van der Waals surface area contributed by atoms with Gasteiger partial charge in [-0.15, -0.1) is 0 Å². The molecule has 9 heteroatoms. The lowest BCUT2D eigenvalue weighted by atomic mass is 10.1. The van der Waals surface area contributed by atoms with Crippen LogP contribution in [-0.2, 0) is 0 Å². The van der Waals surface area contributed by atoms with Crippen molar-refractivity contribution in [3.63, 3.8) is 0 Å². The van der Waals surface area contributed by atoms with Gasteiger partial charge in [-0.05, 0) is 36.3 Å². The Labute approximate surface area is 158 Å². The smallest absolute Gasteiger partial charge is 0.266 e. The van der Waals surface area contributed by atoms with Crippen LogP contribution in [0, 0.1) is 17.0 Å². The van der Waals surface area contributed by atoms with Gasteiger partial charge in [0.2, 0.25) is 0 Å². The Bertz CT molecular complexity index is 1150. The maximum Gasteiger partial charge on any atom is 0.266 e. The van der Waals surface area contributed by atoms with Crippen molar-refractivity contribution in [2.75, 3.05) is 7.11 Å². The van der Waals surface area contributed by atoms with E-state index in [4.69, 9.17) is 16.3 Å². The number of aryl methyl sites for hydroxylation is 1. The molecule has 2 aromatic heterocycles. The number of nitro groups is 1. The van der Waals surface area contributed by atoms with Crippen molar-refractivity contribution < 1.29 is 14.8 Å². The van der Waals surface area contributed by atoms with Gasteiger partial charge in [-0.1, -0.05) is 17.7 Å². The van der Waals surface area contributed by atoms with Crippen LogP contribution in [0.5, 0.6) is 11.5 Å². The van der Waals surface area contributed by atoms with Gasteiger partial charge >= 0.3 is 0 Å². The van der Waals surface area contributed by atoms with Gasteiger partial charge in [0.05, 0.1) is 22.8 Å².